The summed E-state index contributed by atoms with van der Waals surface area (Å²) in [4.78, 5) is 0. The Bertz CT molecular complexity index is 457. The van der Waals surface area contributed by atoms with Crippen LogP contribution in [0.1, 0.15) is 85.5 Å². The number of aliphatic hydroxyl groups excluding tert-OH is 1. The highest BCUT2D eigenvalue weighted by Crippen LogP contribution is 2.66. The number of hydrogen-bond acceptors (Lipinski definition) is 1. The average molecular weight is 333 g/mol. The van der Waals surface area contributed by atoms with Crippen LogP contribution in [0.4, 0.5) is 0 Å². The maximum absolute atomic E-state index is 10.5. The van der Waals surface area contributed by atoms with Crippen molar-refractivity contribution in [2.24, 2.45) is 52.8 Å². The van der Waals surface area contributed by atoms with E-state index in [1.807, 2.05) is 0 Å². The lowest BCUT2D eigenvalue weighted by molar-refractivity contribution is -0.0897. The van der Waals surface area contributed by atoms with Crippen LogP contribution in [0.2, 0.25) is 0 Å². The van der Waals surface area contributed by atoms with Crippen LogP contribution in [0.5, 0.6) is 0 Å². The highest BCUT2D eigenvalue weighted by atomic mass is 16.3. The molecule has 8 unspecified atom stereocenters. The van der Waals surface area contributed by atoms with Crippen molar-refractivity contribution in [3.05, 3.63) is 0 Å². The summed E-state index contributed by atoms with van der Waals surface area (Å²) in [6, 6.07) is 0. The number of fused-ring (bicyclic) bond motifs is 5. The van der Waals surface area contributed by atoms with Gasteiger partial charge >= 0.3 is 0 Å². The average Bonchev–Trinajstić information content (AvgIpc) is 2.87. The second-order valence-electron chi connectivity index (χ2n) is 10.6. The Morgan fingerprint density at radius 3 is 2.46 bits per heavy atom. The molecule has 10 atom stereocenters. The number of aliphatic hydroxyl groups is 1. The third-order valence-electron chi connectivity index (χ3n) is 9.53. The van der Waals surface area contributed by atoms with Crippen LogP contribution >= 0.6 is 0 Å². The Hall–Kier alpha value is -0.0400. The molecule has 1 N–H and O–H groups in total. The fraction of sp³-hybridized carbons (Fsp3) is 1.00. The van der Waals surface area contributed by atoms with Gasteiger partial charge in [-0.3, -0.25) is 0 Å². The van der Waals surface area contributed by atoms with E-state index in [9.17, 15) is 5.11 Å². The summed E-state index contributed by atoms with van der Waals surface area (Å²) in [6.07, 6.45) is 12.9. The molecular formula is C23H40O. The Labute approximate surface area is 150 Å². The van der Waals surface area contributed by atoms with Crippen LogP contribution in [-0.4, -0.2) is 11.2 Å². The summed E-state index contributed by atoms with van der Waals surface area (Å²) >= 11 is 0. The molecule has 0 heterocycles. The van der Waals surface area contributed by atoms with E-state index in [1.54, 1.807) is 0 Å². The lowest BCUT2D eigenvalue weighted by Crippen LogP contribution is -2.50. The van der Waals surface area contributed by atoms with E-state index in [0.717, 1.165) is 41.4 Å². The molecule has 4 aliphatic carbocycles. The number of hydrogen-bond donors (Lipinski definition) is 1. The molecule has 0 radical (unpaired) electrons. The minimum atomic E-state index is -0.113. The zero-order valence-corrected chi connectivity index (χ0v) is 16.5. The molecule has 4 fully saturated rings. The quantitative estimate of drug-likeness (QED) is 0.666. The Balaban J connectivity index is 1.61. The molecule has 0 bridgehead atoms. The fourth-order valence-electron chi connectivity index (χ4n) is 8.59. The van der Waals surface area contributed by atoms with Crippen molar-refractivity contribution in [2.45, 2.75) is 91.6 Å². The van der Waals surface area contributed by atoms with Gasteiger partial charge in [-0.05, 0) is 105 Å². The van der Waals surface area contributed by atoms with Crippen LogP contribution in [0.25, 0.3) is 0 Å². The molecule has 0 aliphatic heterocycles. The van der Waals surface area contributed by atoms with Crippen molar-refractivity contribution in [3.63, 3.8) is 0 Å². The molecule has 0 aromatic carbocycles. The maximum Gasteiger partial charge on any atom is 0.0545 e. The first-order valence-electron chi connectivity index (χ1n) is 11.1. The van der Waals surface area contributed by atoms with E-state index in [2.05, 4.69) is 27.7 Å². The van der Waals surface area contributed by atoms with E-state index in [1.165, 1.54) is 57.8 Å². The van der Waals surface area contributed by atoms with Crippen molar-refractivity contribution in [1.82, 2.24) is 0 Å². The second-order valence-corrected chi connectivity index (χ2v) is 10.6. The predicted octanol–water partition coefficient (Wildman–Crippen LogP) is 5.91. The highest BCUT2D eigenvalue weighted by molar-refractivity contribution is 5.09. The molecule has 138 valence electrons. The highest BCUT2D eigenvalue weighted by Gasteiger charge is 2.60. The molecule has 4 saturated carbocycles. The zero-order chi connectivity index (χ0) is 17.1. The molecule has 0 amide bonds. The number of rotatable bonds is 2. The summed E-state index contributed by atoms with van der Waals surface area (Å²) in [5.41, 5.74) is 0.421. The summed E-state index contributed by atoms with van der Waals surface area (Å²) < 4.78 is 0. The van der Waals surface area contributed by atoms with Gasteiger partial charge < -0.3 is 5.11 Å². The fourth-order valence-corrected chi connectivity index (χ4v) is 8.59. The van der Waals surface area contributed by atoms with Gasteiger partial charge in [0.1, 0.15) is 0 Å². The Morgan fingerprint density at radius 2 is 1.75 bits per heavy atom. The van der Waals surface area contributed by atoms with Gasteiger partial charge in [0.05, 0.1) is 6.10 Å². The topological polar surface area (TPSA) is 20.2 Å². The van der Waals surface area contributed by atoms with E-state index in [-0.39, 0.29) is 6.10 Å². The van der Waals surface area contributed by atoms with E-state index >= 15 is 0 Å². The van der Waals surface area contributed by atoms with E-state index < -0.39 is 0 Å². The molecule has 0 saturated heterocycles. The third-order valence-corrected chi connectivity index (χ3v) is 9.53. The van der Waals surface area contributed by atoms with Crippen molar-refractivity contribution in [2.75, 3.05) is 0 Å². The molecule has 4 aliphatic rings. The largest absolute Gasteiger partial charge is 0.393 e. The van der Waals surface area contributed by atoms with E-state index in [0.29, 0.717) is 11.3 Å². The van der Waals surface area contributed by atoms with Gasteiger partial charge in [0.2, 0.25) is 0 Å². The molecule has 24 heavy (non-hydrogen) atoms. The minimum Gasteiger partial charge on any atom is -0.393 e. The Kier molecular flexibility index (Phi) is 4.55. The Morgan fingerprint density at radius 1 is 1.00 bits per heavy atom. The van der Waals surface area contributed by atoms with Crippen molar-refractivity contribution < 1.29 is 5.11 Å². The molecule has 1 heteroatoms. The van der Waals surface area contributed by atoms with Crippen LogP contribution in [-0.2, 0) is 0 Å². The summed E-state index contributed by atoms with van der Waals surface area (Å²) in [6.45, 7) is 9.52. The molecule has 0 spiro atoms. The molecule has 4 rings (SSSR count). The van der Waals surface area contributed by atoms with Crippen LogP contribution in [0.3, 0.4) is 0 Å². The zero-order valence-electron chi connectivity index (χ0n) is 16.5. The van der Waals surface area contributed by atoms with Gasteiger partial charge in [0.25, 0.3) is 0 Å². The van der Waals surface area contributed by atoms with Gasteiger partial charge in [-0.2, -0.15) is 0 Å². The van der Waals surface area contributed by atoms with Gasteiger partial charge in [-0.25, -0.2) is 0 Å². The van der Waals surface area contributed by atoms with Gasteiger partial charge in [-0.15, -0.1) is 0 Å². The summed E-state index contributed by atoms with van der Waals surface area (Å²) in [7, 11) is 0. The predicted molar refractivity (Wildman–Crippen MR) is 101 cm³/mol. The molecule has 1 nitrogen and oxygen atoms in total. The van der Waals surface area contributed by atoms with Gasteiger partial charge in [0.15, 0.2) is 0 Å². The normalized spacial score (nSPS) is 55.4. The van der Waals surface area contributed by atoms with E-state index in [4.69, 9.17) is 0 Å². The van der Waals surface area contributed by atoms with Gasteiger partial charge in [0, 0.05) is 0 Å². The standard InChI is InChI=1S/C23H40O/c1-5-16-13-21(15(3)24)23(4)11-10-19-18-8-6-14(2)12-17(18)7-9-20(19)22(16)23/h14-22,24H,5-13H2,1-4H3/t14?,15?,16-,17?,18?,19?,20?,21-,22?,23?/m1/s1. The smallest absolute Gasteiger partial charge is 0.0545 e. The lowest BCUT2D eigenvalue weighted by atomic mass is 9.48. The first-order chi connectivity index (χ1) is 11.5. The van der Waals surface area contributed by atoms with Crippen molar-refractivity contribution in [1.29, 1.82) is 0 Å². The van der Waals surface area contributed by atoms with Crippen molar-refractivity contribution >= 4 is 0 Å². The van der Waals surface area contributed by atoms with Gasteiger partial charge in [-0.1, -0.05) is 33.6 Å². The minimum absolute atomic E-state index is 0.113. The van der Waals surface area contributed by atoms with Crippen LogP contribution in [0.15, 0.2) is 0 Å². The second kappa shape index (κ2) is 6.29. The summed E-state index contributed by atoms with van der Waals surface area (Å²) in [5, 5.41) is 10.5. The summed E-state index contributed by atoms with van der Waals surface area (Å²) in [5.74, 6) is 7.41. The van der Waals surface area contributed by atoms with Crippen molar-refractivity contribution in [3.8, 4) is 0 Å². The first-order valence-corrected chi connectivity index (χ1v) is 11.1. The van der Waals surface area contributed by atoms with Crippen LogP contribution < -0.4 is 0 Å². The molecule has 0 aromatic rings. The SMILES string of the molecule is CC[C@@H]1C[C@H](C(C)O)C2(C)CCC3C4CCC(C)CC4CCC3C12. The molecule has 0 aromatic heterocycles. The van der Waals surface area contributed by atoms with Crippen LogP contribution in [0, 0.1) is 52.8 Å². The monoisotopic (exact) mass is 332 g/mol. The first kappa shape index (κ1) is 17.4. The lowest BCUT2D eigenvalue weighted by Gasteiger charge is -2.57. The molecular weight excluding hydrogens is 292 g/mol. The maximum atomic E-state index is 10.5. The third kappa shape index (κ3) is 2.51.